The Kier molecular flexibility index (Phi) is 3.92. The Labute approximate surface area is 103 Å². The molecule has 0 radical (unpaired) electrons. The molecule has 0 aromatic carbocycles. The topological polar surface area (TPSA) is 112 Å². The molecular formula is C10H13N7O. The molecule has 0 aliphatic heterocycles. The fourth-order valence-corrected chi connectivity index (χ4v) is 1.33. The van der Waals surface area contributed by atoms with Crippen molar-refractivity contribution < 1.29 is 4.79 Å². The fraction of sp³-hybridized carbons (Fsp3) is 0.300. The lowest BCUT2D eigenvalue weighted by Gasteiger charge is -2.03. The summed E-state index contributed by atoms with van der Waals surface area (Å²) in [5.41, 5.74) is 6.75. The van der Waals surface area contributed by atoms with Gasteiger partial charge in [0, 0.05) is 12.7 Å². The molecule has 8 heteroatoms. The summed E-state index contributed by atoms with van der Waals surface area (Å²) in [7, 11) is 0. The molecule has 2 aromatic heterocycles. The summed E-state index contributed by atoms with van der Waals surface area (Å²) in [5, 5.41) is 17.9. The van der Waals surface area contributed by atoms with Crippen LogP contribution in [0.15, 0.2) is 24.5 Å². The van der Waals surface area contributed by atoms with Crippen LogP contribution < -0.4 is 11.1 Å². The standard InChI is InChI=1S/C10H13N7O/c11-4-9-6-17(16-15-9)7-10(18)12-5-8-2-1-3-13-14-8/h1-3,6H,4-5,7,11H2,(H,12,18). The third kappa shape index (κ3) is 3.32. The zero-order valence-corrected chi connectivity index (χ0v) is 9.65. The molecule has 0 bridgehead atoms. The molecule has 0 atom stereocenters. The molecule has 0 unspecified atom stereocenters. The van der Waals surface area contributed by atoms with Gasteiger partial charge >= 0.3 is 0 Å². The molecule has 0 aliphatic carbocycles. The lowest BCUT2D eigenvalue weighted by Crippen LogP contribution is -2.27. The molecule has 0 spiro atoms. The Morgan fingerprint density at radius 3 is 2.94 bits per heavy atom. The first-order valence-corrected chi connectivity index (χ1v) is 5.40. The first-order valence-electron chi connectivity index (χ1n) is 5.40. The SMILES string of the molecule is NCc1cn(CC(=O)NCc2cccnn2)nn1. The Morgan fingerprint density at radius 2 is 2.28 bits per heavy atom. The van der Waals surface area contributed by atoms with E-state index in [0.717, 1.165) is 0 Å². The van der Waals surface area contributed by atoms with Crippen LogP contribution in [0, 0.1) is 0 Å². The molecular weight excluding hydrogens is 234 g/mol. The van der Waals surface area contributed by atoms with Crippen molar-refractivity contribution >= 4 is 5.91 Å². The summed E-state index contributed by atoms with van der Waals surface area (Å²) < 4.78 is 1.44. The molecule has 2 rings (SSSR count). The minimum Gasteiger partial charge on any atom is -0.349 e. The number of aromatic nitrogens is 5. The summed E-state index contributed by atoms with van der Waals surface area (Å²) >= 11 is 0. The maximum atomic E-state index is 11.6. The van der Waals surface area contributed by atoms with Crippen molar-refractivity contribution in [2.75, 3.05) is 0 Å². The predicted molar refractivity (Wildman–Crippen MR) is 61.8 cm³/mol. The molecule has 94 valence electrons. The first kappa shape index (κ1) is 12.1. The number of hydrogen-bond donors (Lipinski definition) is 2. The van der Waals surface area contributed by atoms with Gasteiger partial charge in [-0.15, -0.1) is 5.10 Å². The van der Waals surface area contributed by atoms with Gasteiger partial charge in [-0.05, 0) is 12.1 Å². The fourth-order valence-electron chi connectivity index (χ4n) is 1.33. The normalized spacial score (nSPS) is 10.3. The summed E-state index contributed by atoms with van der Waals surface area (Å²) in [5.74, 6) is -0.172. The minimum atomic E-state index is -0.172. The maximum Gasteiger partial charge on any atom is 0.242 e. The van der Waals surface area contributed by atoms with E-state index < -0.39 is 0 Å². The van der Waals surface area contributed by atoms with E-state index in [1.54, 1.807) is 24.5 Å². The van der Waals surface area contributed by atoms with Crippen LogP contribution in [0.5, 0.6) is 0 Å². The molecule has 0 fully saturated rings. The number of nitrogens with one attached hydrogen (secondary N) is 1. The highest BCUT2D eigenvalue weighted by Crippen LogP contribution is 1.92. The summed E-state index contributed by atoms with van der Waals surface area (Å²) in [6.45, 7) is 0.750. The van der Waals surface area contributed by atoms with Crippen LogP contribution in [-0.2, 0) is 24.4 Å². The number of carbonyl (C=O) groups excluding carboxylic acids is 1. The second-order valence-corrected chi connectivity index (χ2v) is 3.60. The largest absolute Gasteiger partial charge is 0.349 e. The molecule has 0 aliphatic rings. The van der Waals surface area contributed by atoms with Gasteiger partial charge in [0.1, 0.15) is 6.54 Å². The number of rotatable bonds is 5. The van der Waals surface area contributed by atoms with Crippen molar-refractivity contribution in [1.29, 1.82) is 0 Å². The lowest BCUT2D eigenvalue weighted by molar-refractivity contribution is -0.122. The zero-order valence-electron chi connectivity index (χ0n) is 9.65. The Bertz CT molecular complexity index is 510. The van der Waals surface area contributed by atoms with E-state index in [1.165, 1.54) is 4.68 Å². The minimum absolute atomic E-state index is 0.104. The lowest BCUT2D eigenvalue weighted by atomic mass is 10.4. The Hall–Kier alpha value is -2.35. The average molecular weight is 247 g/mol. The van der Waals surface area contributed by atoms with E-state index in [0.29, 0.717) is 24.5 Å². The molecule has 3 N–H and O–H groups in total. The van der Waals surface area contributed by atoms with Gasteiger partial charge in [0.05, 0.1) is 24.1 Å². The van der Waals surface area contributed by atoms with Crippen LogP contribution in [0.25, 0.3) is 0 Å². The van der Waals surface area contributed by atoms with Crippen LogP contribution in [0.2, 0.25) is 0 Å². The molecule has 2 heterocycles. The van der Waals surface area contributed by atoms with Gasteiger partial charge in [0.25, 0.3) is 0 Å². The number of nitrogens with zero attached hydrogens (tertiary/aromatic N) is 5. The van der Waals surface area contributed by atoms with E-state index >= 15 is 0 Å². The maximum absolute atomic E-state index is 11.6. The predicted octanol–water partition coefficient (Wildman–Crippen LogP) is -1.16. The van der Waals surface area contributed by atoms with Crippen molar-refractivity contribution in [2.45, 2.75) is 19.6 Å². The van der Waals surface area contributed by atoms with E-state index in [9.17, 15) is 4.79 Å². The van der Waals surface area contributed by atoms with Crippen LogP contribution in [0.1, 0.15) is 11.4 Å². The molecule has 0 saturated carbocycles. The monoisotopic (exact) mass is 247 g/mol. The highest BCUT2D eigenvalue weighted by atomic mass is 16.2. The zero-order chi connectivity index (χ0) is 12.8. The molecule has 18 heavy (non-hydrogen) atoms. The number of amides is 1. The average Bonchev–Trinajstić information content (AvgIpc) is 2.85. The van der Waals surface area contributed by atoms with E-state index in [1.807, 2.05) is 0 Å². The Morgan fingerprint density at radius 1 is 1.39 bits per heavy atom. The van der Waals surface area contributed by atoms with Crippen molar-refractivity contribution in [1.82, 2.24) is 30.5 Å². The van der Waals surface area contributed by atoms with Crippen LogP contribution >= 0.6 is 0 Å². The van der Waals surface area contributed by atoms with Crippen molar-refractivity contribution in [3.05, 3.63) is 35.9 Å². The van der Waals surface area contributed by atoms with Crippen molar-refractivity contribution in [3.8, 4) is 0 Å². The molecule has 1 amide bonds. The van der Waals surface area contributed by atoms with Crippen LogP contribution in [0.4, 0.5) is 0 Å². The molecule has 0 saturated heterocycles. The second kappa shape index (κ2) is 5.82. The van der Waals surface area contributed by atoms with Gasteiger partial charge in [-0.25, -0.2) is 4.68 Å². The molecule has 8 nitrogen and oxygen atoms in total. The van der Waals surface area contributed by atoms with Crippen molar-refractivity contribution in [2.24, 2.45) is 5.73 Å². The third-order valence-corrected chi connectivity index (χ3v) is 2.20. The molecule has 2 aromatic rings. The highest BCUT2D eigenvalue weighted by molar-refractivity contribution is 5.75. The van der Waals surface area contributed by atoms with E-state index in [-0.39, 0.29) is 12.5 Å². The first-order chi connectivity index (χ1) is 8.78. The number of hydrogen-bond acceptors (Lipinski definition) is 6. The van der Waals surface area contributed by atoms with Gasteiger partial charge in [0.2, 0.25) is 5.91 Å². The van der Waals surface area contributed by atoms with Crippen LogP contribution in [0.3, 0.4) is 0 Å². The highest BCUT2D eigenvalue weighted by Gasteiger charge is 2.05. The van der Waals surface area contributed by atoms with Gasteiger partial charge in [-0.2, -0.15) is 10.2 Å². The second-order valence-electron chi connectivity index (χ2n) is 3.60. The summed E-state index contributed by atoms with van der Waals surface area (Å²) in [6, 6.07) is 3.55. The quantitative estimate of drug-likeness (QED) is 0.689. The van der Waals surface area contributed by atoms with Gasteiger partial charge < -0.3 is 11.1 Å². The van der Waals surface area contributed by atoms with Gasteiger partial charge in [-0.1, -0.05) is 5.21 Å². The number of nitrogens with two attached hydrogens (primary N) is 1. The van der Waals surface area contributed by atoms with Crippen molar-refractivity contribution in [3.63, 3.8) is 0 Å². The van der Waals surface area contributed by atoms with Crippen LogP contribution in [-0.4, -0.2) is 31.1 Å². The van der Waals surface area contributed by atoms with E-state index in [2.05, 4.69) is 25.8 Å². The summed E-state index contributed by atoms with van der Waals surface area (Å²) in [6.07, 6.45) is 3.22. The third-order valence-electron chi connectivity index (χ3n) is 2.20. The summed E-state index contributed by atoms with van der Waals surface area (Å²) in [4.78, 5) is 11.6. The van der Waals surface area contributed by atoms with Gasteiger partial charge in [0.15, 0.2) is 0 Å². The van der Waals surface area contributed by atoms with E-state index in [4.69, 9.17) is 5.73 Å². The van der Waals surface area contributed by atoms with Gasteiger partial charge in [-0.3, -0.25) is 4.79 Å². The number of carbonyl (C=O) groups is 1. The Balaban J connectivity index is 1.82. The smallest absolute Gasteiger partial charge is 0.242 e.